The normalized spacial score (nSPS) is 14.4. The van der Waals surface area contributed by atoms with E-state index in [4.69, 9.17) is 16.3 Å². The highest BCUT2D eigenvalue weighted by Crippen LogP contribution is 2.33. The summed E-state index contributed by atoms with van der Waals surface area (Å²) in [6, 6.07) is 15.1. The second-order valence-corrected chi connectivity index (χ2v) is 7.32. The lowest BCUT2D eigenvalue weighted by Gasteiger charge is -2.14. The van der Waals surface area contributed by atoms with E-state index in [0.29, 0.717) is 24.3 Å². The van der Waals surface area contributed by atoms with Gasteiger partial charge in [0.15, 0.2) is 0 Å². The summed E-state index contributed by atoms with van der Waals surface area (Å²) in [6.07, 6.45) is 2.61. The molecule has 5 nitrogen and oxygen atoms in total. The molecule has 0 saturated heterocycles. The number of aromatic nitrogens is 1. The molecule has 2 amide bonds. The molecule has 1 aliphatic heterocycles. The van der Waals surface area contributed by atoms with Crippen LogP contribution in [0.3, 0.4) is 0 Å². The lowest BCUT2D eigenvalue weighted by atomic mass is 10.1. The van der Waals surface area contributed by atoms with E-state index >= 15 is 0 Å². The van der Waals surface area contributed by atoms with Crippen LogP contribution < -0.4 is 4.74 Å². The number of benzene rings is 2. The van der Waals surface area contributed by atoms with Crippen LogP contribution in [0.4, 0.5) is 0 Å². The lowest BCUT2D eigenvalue weighted by molar-refractivity contribution is -0.136. The predicted octanol–water partition coefficient (Wildman–Crippen LogP) is 4.14. The largest absolute Gasteiger partial charge is 0.494 e. The van der Waals surface area contributed by atoms with Gasteiger partial charge in [0.25, 0.3) is 11.8 Å². The Hall–Kier alpha value is -3.05. The van der Waals surface area contributed by atoms with Crippen molar-refractivity contribution in [3.05, 3.63) is 70.9 Å². The van der Waals surface area contributed by atoms with Crippen LogP contribution >= 0.6 is 11.6 Å². The van der Waals surface area contributed by atoms with Gasteiger partial charge in [-0.15, -0.1) is 0 Å². The number of imide groups is 1. The SMILES string of the molecule is CCOc1ccc(C2=C(Cl)C(=O)N(CCc3cn(C)c4ccccc34)C2=O)cc1. The zero-order chi connectivity index (χ0) is 20.5. The van der Waals surface area contributed by atoms with Crippen molar-refractivity contribution < 1.29 is 14.3 Å². The summed E-state index contributed by atoms with van der Waals surface area (Å²) in [5.41, 5.74) is 3.07. The summed E-state index contributed by atoms with van der Waals surface area (Å²) in [7, 11) is 1.99. The summed E-state index contributed by atoms with van der Waals surface area (Å²) < 4.78 is 7.48. The summed E-state index contributed by atoms with van der Waals surface area (Å²) in [5.74, 6) is -0.0947. The molecule has 0 spiro atoms. The number of carbonyl (C=O) groups excluding carboxylic acids is 2. The maximum atomic E-state index is 13.0. The third kappa shape index (κ3) is 3.42. The minimum absolute atomic E-state index is 0.0305. The molecule has 148 valence electrons. The Bertz CT molecular complexity index is 1130. The molecule has 2 aromatic carbocycles. The van der Waals surface area contributed by atoms with Gasteiger partial charge >= 0.3 is 0 Å². The summed E-state index contributed by atoms with van der Waals surface area (Å²) >= 11 is 6.27. The average molecular weight is 409 g/mol. The van der Waals surface area contributed by atoms with Gasteiger partial charge in [0, 0.05) is 30.7 Å². The van der Waals surface area contributed by atoms with Crippen LogP contribution in [0.2, 0.25) is 0 Å². The first-order valence-electron chi connectivity index (χ1n) is 9.53. The third-order valence-electron chi connectivity index (χ3n) is 5.15. The van der Waals surface area contributed by atoms with E-state index in [9.17, 15) is 9.59 Å². The second-order valence-electron chi connectivity index (χ2n) is 6.94. The topological polar surface area (TPSA) is 51.5 Å². The van der Waals surface area contributed by atoms with Crippen LogP contribution in [0.25, 0.3) is 16.5 Å². The van der Waals surface area contributed by atoms with E-state index in [2.05, 4.69) is 10.6 Å². The zero-order valence-corrected chi connectivity index (χ0v) is 17.1. The fourth-order valence-corrected chi connectivity index (χ4v) is 4.03. The van der Waals surface area contributed by atoms with Crippen molar-refractivity contribution in [1.29, 1.82) is 0 Å². The van der Waals surface area contributed by atoms with E-state index in [0.717, 1.165) is 16.5 Å². The molecule has 6 heteroatoms. The molecule has 0 aliphatic carbocycles. The van der Waals surface area contributed by atoms with E-state index in [1.54, 1.807) is 24.3 Å². The van der Waals surface area contributed by atoms with Crippen molar-refractivity contribution in [2.75, 3.05) is 13.2 Å². The predicted molar refractivity (Wildman–Crippen MR) is 114 cm³/mol. The van der Waals surface area contributed by atoms with Gasteiger partial charge in [0.1, 0.15) is 10.8 Å². The van der Waals surface area contributed by atoms with Gasteiger partial charge in [-0.3, -0.25) is 14.5 Å². The van der Waals surface area contributed by atoms with Crippen molar-refractivity contribution in [3.8, 4) is 5.75 Å². The highest BCUT2D eigenvalue weighted by atomic mass is 35.5. The van der Waals surface area contributed by atoms with Crippen LogP contribution in [-0.2, 0) is 23.1 Å². The number of nitrogens with zero attached hydrogens (tertiary/aromatic N) is 2. The monoisotopic (exact) mass is 408 g/mol. The fourth-order valence-electron chi connectivity index (χ4n) is 3.74. The van der Waals surface area contributed by atoms with E-state index < -0.39 is 5.91 Å². The molecular formula is C23H21ClN2O3. The number of carbonyl (C=O) groups is 2. The smallest absolute Gasteiger partial charge is 0.273 e. The molecule has 0 atom stereocenters. The second kappa shape index (κ2) is 7.76. The molecule has 0 bridgehead atoms. The van der Waals surface area contributed by atoms with Gasteiger partial charge < -0.3 is 9.30 Å². The Balaban J connectivity index is 1.54. The summed E-state index contributed by atoms with van der Waals surface area (Å²) in [6.45, 7) is 2.74. The summed E-state index contributed by atoms with van der Waals surface area (Å²) in [4.78, 5) is 26.8. The van der Waals surface area contributed by atoms with Crippen LogP contribution in [0, 0.1) is 0 Å². The average Bonchev–Trinajstić information content (AvgIpc) is 3.15. The Kier molecular flexibility index (Phi) is 5.16. The molecule has 0 fully saturated rings. The molecule has 1 aliphatic rings. The quantitative estimate of drug-likeness (QED) is 0.576. The fraction of sp³-hybridized carbons (Fsp3) is 0.217. The minimum Gasteiger partial charge on any atom is -0.494 e. The Morgan fingerprint density at radius 1 is 1.00 bits per heavy atom. The number of halogens is 1. The molecule has 2 heterocycles. The number of fused-ring (bicyclic) bond motifs is 1. The van der Waals surface area contributed by atoms with Crippen LogP contribution in [-0.4, -0.2) is 34.4 Å². The standard InChI is InChI=1S/C23H21ClN2O3/c1-3-29-17-10-8-15(9-11-17)20-21(24)23(28)26(22(20)27)13-12-16-14-25(2)19-7-5-4-6-18(16)19/h4-11,14H,3,12-13H2,1-2H3. The Morgan fingerprint density at radius 2 is 1.72 bits per heavy atom. The first-order valence-corrected chi connectivity index (χ1v) is 9.91. The first-order chi connectivity index (χ1) is 14.0. The van der Waals surface area contributed by atoms with E-state index in [-0.39, 0.29) is 23.1 Å². The van der Waals surface area contributed by atoms with Crippen molar-refractivity contribution in [2.24, 2.45) is 7.05 Å². The third-order valence-corrected chi connectivity index (χ3v) is 5.50. The van der Waals surface area contributed by atoms with E-state index in [1.807, 2.05) is 38.4 Å². The number of para-hydroxylation sites is 1. The van der Waals surface area contributed by atoms with Crippen molar-refractivity contribution in [2.45, 2.75) is 13.3 Å². The number of hydrogen-bond donors (Lipinski definition) is 0. The lowest BCUT2D eigenvalue weighted by Crippen LogP contribution is -2.33. The number of ether oxygens (including phenoxy) is 1. The zero-order valence-electron chi connectivity index (χ0n) is 16.3. The number of amides is 2. The maximum absolute atomic E-state index is 13.0. The molecule has 0 unspecified atom stereocenters. The van der Waals surface area contributed by atoms with Gasteiger partial charge in [0.05, 0.1) is 12.2 Å². The Morgan fingerprint density at radius 3 is 2.45 bits per heavy atom. The van der Waals surface area contributed by atoms with Gasteiger partial charge in [-0.05, 0) is 42.7 Å². The van der Waals surface area contributed by atoms with Crippen molar-refractivity contribution in [1.82, 2.24) is 9.47 Å². The number of hydrogen-bond acceptors (Lipinski definition) is 3. The van der Waals surface area contributed by atoms with Gasteiger partial charge in [-0.25, -0.2) is 0 Å². The van der Waals surface area contributed by atoms with Crippen LogP contribution in [0.15, 0.2) is 59.8 Å². The van der Waals surface area contributed by atoms with Crippen molar-refractivity contribution in [3.63, 3.8) is 0 Å². The van der Waals surface area contributed by atoms with Crippen LogP contribution in [0.1, 0.15) is 18.1 Å². The molecule has 0 radical (unpaired) electrons. The molecule has 1 aromatic heterocycles. The Labute approximate surface area is 174 Å². The molecule has 0 N–H and O–H groups in total. The molecule has 3 aromatic rings. The maximum Gasteiger partial charge on any atom is 0.273 e. The van der Waals surface area contributed by atoms with Crippen molar-refractivity contribution >= 4 is 39.9 Å². The van der Waals surface area contributed by atoms with Gasteiger partial charge in [-0.1, -0.05) is 41.9 Å². The highest BCUT2D eigenvalue weighted by Gasteiger charge is 2.37. The highest BCUT2D eigenvalue weighted by molar-refractivity contribution is 6.55. The van der Waals surface area contributed by atoms with E-state index in [1.165, 1.54) is 4.90 Å². The minimum atomic E-state index is -0.444. The summed E-state index contributed by atoms with van der Waals surface area (Å²) in [5, 5.41) is 1.09. The molecular weight excluding hydrogens is 388 g/mol. The first kappa shape index (κ1) is 19.3. The number of aryl methyl sites for hydroxylation is 1. The van der Waals surface area contributed by atoms with Crippen LogP contribution in [0.5, 0.6) is 5.75 Å². The molecule has 29 heavy (non-hydrogen) atoms. The molecule has 4 rings (SSSR count). The van der Waals surface area contributed by atoms with Gasteiger partial charge in [-0.2, -0.15) is 0 Å². The number of rotatable bonds is 6. The van der Waals surface area contributed by atoms with Gasteiger partial charge in [0.2, 0.25) is 0 Å². The molecule has 0 saturated carbocycles.